The molecular weight excluding hydrogens is 352 g/mol. The fraction of sp³-hybridized carbons (Fsp3) is 1.00. The Morgan fingerprint density at radius 3 is 2.25 bits per heavy atom. The molecule has 4 N–H and O–H groups in total. The van der Waals surface area contributed by atoms with Crippen LogP contribution in [0.15, 0.2) is 0 Å². The van der Waals surface area contributed by atoms with Crippen molar-refractivity contribution in [2.24, 2.45) is 34.5 Å². The van der Waals surface area contributed by atoms with E-state index in [1.165, 1.54) is 0 Å². The quantitative estimate of drug-likeness (QED) is 0.587. The second-order valence-corrected chi connectivity index (χ2v) is 11.3. The van der Waals surface area contributed by atoms with Crippen LogP contribution in [0, 0.1) is 34.5 Å². The fourth-order valence-corrected chi connectivity index (χ4v) is 8.84. The van der Waals surface area contributed by atoms with E-state index in [1.807, 2.05) is 0 Å². The lowest BCUT2D eigenvalue weighted by molar-refractivity contribution is -0.253. The van der Waals surface area contributed by atoms with Gasteiger partial charge in [0.1, 0.15) is 0 Å². The van der Waals surface area contributed by atoms with Gasteiger partial charge in [-0.05, 0) is 92.3 Å². The number of fused-ring (bicyclic) bond motifs is 5. The van der Waals surface area contributed by atoms with Gasteiger partial charge in [-0.3, -0.25) is 0 Å². The summed E-state index contributed by atoms with van der Waals surface area (Å²) in [7, 11) is 0. The van der Waals surface area contributed by atoms with Crippen LogP contribution in [-0.2, 0) is 0 Å². The van der Waals surface area contributed by atoms with Gasteiger partial charge in [0.2, 0.25) is 0 Å². The number of hydrogen-bond acceptors (Lipinski definition) is 4. The minimum Gasteiger partial charge on any atom is -0.396 e. The molecule has 0 saturated heterocycles. The summed E-state index contributed by atoms with van der Waals surface area (Å²) in [6.07, 6.45) is 9.30. The Hall–Kier alpha value is -0.160. The van der Waals surface area contributed by atoms with Crippen LogP contribution in [0.3, 0.4) is 0 Å². The Bertz CT molecular complexity index is 595. The highest BCUT2D eigenvalue weighted by atomic mass is 16.3. The van der Waals surface area contributed by atoms with Crippen molar-refractivity contribution in [1.29, 1.82) is 0 Å². The Morgan fingerprint density at radius 2 is 1.57 bits per heavy atom. The molecule has 4 unspecified atom stereocenters. The standard InChI is InChI=1S/C24H42O4/c1-4-16-14-18-19-8-12-23(27,9-5-13-25)21(19,2)11-7-20(18)22(3)10-6-17(26)15-24(16,22)28/h16-20,25-28H,4-15H2,1-3H3/t16?,17?,18-,19-,20+,21-,22+,23?,24?/m0/s1. The summed E-state index contributed by atoms with van der Waals surface area (Å²) in [6, 6.07) is 0. The summed E-state index contributed by atoms with van der Waals surface area (Å²) in [5, 5.41) is 43.2. The average molecular weight is 395 g/mol. The van der Waals surface area contributed by atoms with Crippen molar-refractivity contribution in [3.05, 3.63) is 0 Å². The Morgan fingerprint density at radius 1 is 0.929 bits per heavy atom. The van der Waals surface area contributed by atoms with Crippen LogP contribution in [0.4, 0.5) is 0 Å². The molecule has 162 valence electrons. The number of hydrogen-bond donors (Lipinski definition) is 4. The highest BCUT2D eigenvalue weighted by Crippen LogP contribution is 2.70. The van der Waals surface area contributed by atoms with E-state index in [4.69, 9.17) is 0 Å². The third kappa shape index (κ3) is 2.63. The van der Waals surface area contributed by atoms with Crippen LogP contribution in [0.25, 0.3) is 0 Å². The molecule has 0 aromatic rings. The summed E-state index contributed by atoms with van der Waals surface area (Å²) in [5.41, 5.74) is -1.59. The van der Waals surface area contributed by atoms with Crippen LogP contribution in [0.5, 0.6) is 0 Å². The third-order valence-corrected chi connectivity index (χ3v) is 10.6. The zero-order valence-corrected chi connectivity index (χ0v) is 18.2. The molecular formula is C24H42O4. The van der Waals surface area contributed by atoms with Crippen molar-refractivity contribution in [3.8, 4) is 0 Å². The molecule has 4 fully saturated rings. The van der Waals surface area contributed by atoms with Crippen molar-refractivity contribution in [2.45, 2.75) is 109 Å². The van der Waals surface area contributed by atoms with Gasteiger partial charge in [0.15, 0.2) is 0 Å². The van der Waals surface area contributed by atoms with Crippen molar-refractivity contribution in [3.63, 3.8) is 0 Å². The van der Waals surface area contributed by atoms with Crippen LogP contribution in [-0.4, -0.2) is 44.3 Å². The van der Waals surface area contributed by atoms with E-state index in [1.54, 1.807) is 0 Å². The second-order valence-electron chi connectivity index (χ2n) is 11.3. The van der Waals surface area contributed by atoms with Crippen LogP contribution >= 0.6 is 0 Å². The monoisotopic (exact) mass is 394 g/mol. The summed E-state index contributed by atoms with van der Waals surface area (Å²) in [6.45, 7) is 6.97. The van der Waals surface area contributed by atoms with Gasteiger partial charge >= 0.3 is 0 Å². The van der Waals surface area contributed by atoms with Gasteiger partial charge in [-0.2, -0.15) is 0 Å². The average Bonchev–Trinajstić information content (AvgIpc) is 2.92. The van der Waals surface area contributed by atoms with E-state index in [9.17, 15) is 20.4 Å². The van der Waals surface area contributed by atoms with E-state index in [0.29, 0.717) is 37.0 Å². The summed E-state index contributed by atoms with van der Waals surface area (Å²) in [4.78, 5) is 0. The molecule has 0 aromatic heterocycles. The molecule has 4 nitrogen and oxygen atoms in total. The van der Waals surface area contributed by atoms with E-state index in [2.05, 4.69) is 20.8 Å². The molecule has 4 heteroatoms. The molecule has 0 heterocycles. The van der Waals surface area contributed by atoms with E-state index in [-0.39, 0.29) is 29.5 Å². The molecule has 4 saturated carbocycles. The van der Waals surface area contributed by atoms with Crippen LogP contribution in [0.2, 0.25) is 0 Å². The molecule has 4 aliphatic rings. The molecule has 0 bridgehead atoms. The first-order valence-corrected chi connectivity index (χ1v) is 11.9. The lowest BCUT2D eigenvalue weighted by Crippen LogP contribution is -2.67. The summed E-state index contributed by atoms with van der Waals surface area (Å²) in [5.74, 6) is 1.80. The normalized spacial score (nSPS) is 56.0. The minimum atomic E-state index is -0.750. The van der Waals surface area contributed by atoms with Gasteiger partial charge in [0.05, 0.1) is 17.3 Å². The van der Waals surface area contributed by atoms with Crippen LogP contribution in [0.1, 0.15) is 91.4 Å². The van der Waals surface area contributed by atoms with Gasteiger partial charge in [0, 0.05) is 13.0 Å². The summed E-state index contributed by atoms with van der Waals surface area (Å²) >= 11 is 0. The summed E-state index contributed by atoms with van der Waals surface area (Å²) < 4.78 is 0. The van der Waals surface area contributed by atoms with Gasteiger partial charge < -0.3 is 20.4 Å². The molecule has 0 amide bonds. The maximum Gasteiger partial charge on any atom is 0.0756 e. The van der Waals surface area contributed by atoms with Crippen molar-refractivity contribution in [1.82, 2.24) is 0 Å². The molecule has 28 heavy (non-hydrogen) atoms. The van der Waals surface area contributed by atoms with E-state index < -0.39 is 11.2 Å². The Kier molecular flexibility index (Phi) is 5.22. The van der Waals surface area contributed by atoms with Crippen molar-refractivity contribution in [2.75, 3.05) is 6.61 Å². The first-order valence-electron chi connectivity index (χ1n) is 11.9. The molecule has 0 aliphatic heterocycles. The highest BCUT2D eigenvalue weighted by molar-refractivity contribution is 5.18. The number of aliphatic hydroxyl groups is 4. The molecule has 0 spiro atoms. The van der Waals surface area contributed by atoms with Gasteiger partial charge in [-0.1, -0.05) is 27.2 Å². The molecule has 9 atom stereocenters. The molecule has 4 rings (SSSR count). The first kappa shape index (κ1) is 21.1. The zero-order valence-electron chi connectivity index (χ0n) is 18.2. The Balaban J connectivity index is 1.67. The van der Waals surface area contributed by atoms with E-state index >= 15 is 0 Å². The number of rotatable bonds is 4. The van der Waals surface area contributed by atoms with Crippen LogP contribution < -0.4 is 0 Å². The van der Waals surface area contributed by atoms with Gasteiger partial charge in [-0.25, -0.2) is 0 Å². The predicted molar refractivity (Wildman–Crippen MR) is 110 cm³/mol. The van der Waals surface area contributed by atoms with Gasteiger partial charge in [0.25, 0.3) is 0 Å². The number of aliphatic hydroxyl groups excluding tert-OH is 2. The highest BCUT2D eigenvalue weighted by Gasteiger charge is 2.68. The van der Waals surface area contributed by atoms with Crippen molar-refractivity contribution < 1.29 is 20.4 Å². The predicted octanol–water partition coefficient (Wildman–Crippen LogP) is 3.64. The SMILES string of the molecule is CCC1C[C@@H]2[C@@H](CC[C@@]3(C)[C@H]2CCC3(O)CCCO)[C@@]2(C)CCC(O)CC12O. The lowest BCUT2D eigenvalue weighted by Gasteiger charge is -2.66. The first-order chi connectivity index (χ1) is 13.1. The lowest BCUT2D eigenvalue weighted by atomic mass is 9.40. The van der Waals surface area contributed by atoms with Crippen molar-refractivity contribution >= 4 is 0 Å². The topological polar surface area (TPSA) is 80.9 Å². The van der Waals surface area contributed by atoms with E-state index in [0.717, 1.165) is 51.4 Å². The Labute approximate surface area is 170 Å². The second kappa shape index (κ2) is 6.93. The fourth-order valence-electron chi connectivity index (χ4n) is 8.84. The zero-order chi connectivity index (χ0) is 20.4. The van der Waals surface area contributed by atoms with Gasteiger partial charge in [-0.15, -0.1) is 0 Å². The largest absolute Gasteiger partial charge is 0.396 e. The maximum atomic E-state index is 11.9. The maximum absolute atomic E-state index is 11.9. The molecule has 4 aliphatic carbocycles. The molecule has 0 aromatic carbocycles. The third-order valence-electron chi connectivity index (χ3n) is 10.6. The molecule has 0 radical (unpaired) electrons. The smallest absolute Gasteiger partial charge is 0.0756 e. The minimum absolute atomic E-state index is 0.0678.